The Labute approximate surface area is 155 Å². The molecule has 0 saturated carbocycles. The van der Waals surface area contributed by atoms with Crippen molar-refractivity contribution in [2.24, 2.45) is 13.0 Å². The SMILES string of the molecule is C[C@H](Cc1ccc2c(c1)OCO2)CN1CCCCC[C@H]1c1ccn(C)n1. The first kappa shape index (κ1) is 17.4. The van der Waals surface area contributed by atoms with Gasteiger partial charge >= 0.3 is 0 Å². The monoisotopic (exact) mass is 355 g/mol. The standard InChI is InChI=1S/C21H29N3O2/c1-16(12-17-7-8-20-21(13-17)26-15-25-20)14-24-10-5-3-4-6-19(24)18-9-11-23(2)22-18/h7-9,11,13,16,19H,3-6,10,12,14-15H2,1-2H3/t16-,19+/m1/s1. The summed E-state index contributed by atoms with van der Waals surface area (Å²) in [5, 5.41) is 4.70. The van der Waals surface area contributed by atoms with E-state index in [1.165, 1.54) is 43.5 Å². The van der Waals surface area contributed by atoms with Crippen LogP contribution >= 0.6 is 0 Å². The van der Waals surface area contributed by atoms with Gasteiger partial charge in [0.05, 0.1) is 11.7 Å². The van der Waals surface area contributed by atoms with Crippen LogP contribution < -0.4 is 9.47 Å². The molecule has 5 nitrogen and oxygen atoms in total. The van der Waals surface area contributed by atoms with Crippen LogP contribution in [0.1, 0.15) is 49.9 Å². The van der Waals surface area contributed by atoms with Crippen LogP contribution in [-0.4, -0.2) is 34.6 Å². The highest BCUT2D eigenvalue weighted by molar-refractivity contribution is 5.44. The molecule has 1 fully saturated rings. The van der Waals surface area contributed by atoms with Gasteiger partial charge in [-0.1, -0.05) is 25.8 Å². The van der Waals surface area contributed by atoms with Crippen molar-refractivity contribution in [1.29, 1.82) is 0 Å². The van der Waals surface area contributed by atoms with Gasteiger partial charge in [0, 0.05) is 19.8 Å². The lowest BCUT2D eigenvalue weighted by atomic mass is 9.98. The Kier molecular flexibility index (Phi) is 5.16. The van der Waals surface area contributed by atoms with Crippen LogP contribution in [0.2, 0.25) is 0 Å². The topological polar surface area (TPSA) is 39.5 Å². The predicted molar refractivity (Wildman–Crippen MR) is 101 cm³/mol. The summed E-state index contributed by atoms with van der Waals surface area (Å²) in [6.45, 7) is 4.97. The number of nitrogens with zero attached hydrogens (tertiary/aromatic N) is 3. The van der Waals surface area contributed by atoms with E-state index in [9.17, 15) is 0 Å². The molecule has 0 bridgehead atoms. The molecule has 1 aromatic heterocycles. The average molecular weight is 355 g/mol. The molecular weight excluding hydrogens is 326 g/mol. The van der Waals surface area contributed by atoms with Crippen molar-refractivity contribution in [2.45, 2.75) is 45.1 Å². The van der Waals surface area contributed by atoms with Crippen molar-refractivity contribution in [3.05, 3.63) is 41.7 Å². The summed E-state index contributed by atoms with van der Waals surface area (Å²) in [6, 6.07) is 8.98. The highest BCUT2D eigenvalue weighted by Crippen LogP contribution is 2.34. The third-order valence-electron chi connectivity index (χ3n) is 5.51. The summed E-state index contributed by atoms with van der Waals surface area (Å²) >= 11 is 0. The Balaban J connectivity index is 1.43. The van der Waals surface area contributed by atoms with Gasteiger partial charge < -0.3 is 9.47 Å². The number of benzene rings is 1. The Morgan fingerprint density at radius 2 is 2.04 bits per heavy atom. The molecule has 0 aliphatic carbocycles. The zero-order valence-electron chi connectivity index (χ0n) is 15.9. The minimum absolute atomic E-state index is 0.341. The molecule has 2 aliphatic rings. The summed E-state index contributed by atoms with van der Waals surface area (Å²) in [7, 11) is 2.01. The third kappa shape index (κ3) is 3.88. The van der Waals surface area contributed by atoms with Crippen molar-refractivity contribution < 1.29 is 9.47 Å². The first-order valence-electron chi connectivity index (χ1n) is 9.81. The van der Waals surface area contributed by atoms with E-state index in [-0.39, 0.29) is 0 Å². The number of hydrogen-bond acceptors (Lipinski definition) is 4. The summed E-state index contributed by atoms with van der Waals surface area (Å²) < 4.78 is 12.9. The zero-order valence-corrected chi connectivity index (χ0v) is 15.9. The van der Waals surface area contributed by atoms with Crippen LogP contribution in [0.25, 0.3) is 0 Å². The minimum Gasteiger partial charge on any atom is -0.454 e. The first-order chi connectivity index (χ1) is 12.7. The van der Waals surface area contributed by atoms with Gasteiger partial charge in [-0.15, -0.1) is 0 Å². The van der Waals surface area contributed by atoms with Gasteiger partial charge in [-0.25, -0.2) is 0 Å². The second-order valence-corrected chi connectivity index (χ2v) is 7.77. The largest absolute Gasteiger partial charge is 0.454 e. The van der Waals surface area contributed by atoms with Gasteiger partial charge in [-0.05, 0) is 55.5 Å². The fourth-order valence-electron chi connectivity index (χ4n) is 4.27. The van der Waals surface area contributed by atoms with Gasteiger partial charge in [-0.2, -0.15) is 5.10 Å². The van der Waals surface area contributed by atoms with Crippen LogP contribution in [0, 0.1) is 5.92 Å². The molecule has 4 rings (SSSR count). The smallest absolute Gasteiger partial charge is 0.231 e. The molecule has 0 N–H and O–H groups in total. The molecule has 0 amide bonds. The zero-order chi connectivity index (χ0) is 17.9. The molecular formula is C21H29N3O2. The minimum atomic E-state index is 0.341. The van der Waals surface area contributed by atoms with E-state index in [0.717, 1.165) is 24.5 Å². The second kappa shape index (κ2) is 7.70. The summed E-state index contributed by atoms with van der Waals surface area (Å²) in [5.74, 6) is 2.33. The Morgan fingerprint density at radius 3 is 2.88 bits per heavy atom. The summed E-state index contributed by atoms with van der Waals surface area (Å²) in [5.41, 5.74) is 2.55. The average Bonchev–Trinajstić information content (AvgIpc) is 3.19. The van der Waals surface area contributed by atoms with Gasteiger partial charge in [0.15, 0.2) is 11.5 Å². The molecule has 1 aromatic carbocycles. The van der Waals surface area contributed by atoms with E-state index in [4.69, 9.17) is 14.6 Å². The maximum absolute atomic E-state index is 5.52. The maximum Gasteiger partial charge on any atom is 0.231 e. The molecule has 2 aromatic rings. The summed E-state index contributed by atoms with van der Waals surface area (Å²) in [4.78, 5) is 2.66. The van der Waals surface area contributed by atoms with Crippen LogP contribution in [-0.2, 0) is 13.5 Å². The number of ether oxygens (including phenoxy) is 2. The molecule has 3 heterocycles. The first-order valence-corrected chi connectivity index (χ1v) is 9.81. The lowest BCUT2D eigenvalue weighted by Crippen LogP contribution is -2.33. The molecule has 5 heteroatoms. The molecule has 2 atom stereocenters. The number of fused-ring (bicyclic) bond motifs is 1. The fourth-order valence-corrected chi connectivity index (χ4v) is 4.27. The van der Waals surface area contributed by atoms with Crippen LogP contribution in [0.5, 0.6) is 11.5 Å². The Bertz CT molecular complexity index is 743. The van der Waals surface area contributed by atoms with Crippen molar-refractivity contribution in [3.8, 4) is 11.5 Å². The highest BCUT2D eigenvalue weighted by Gasteiger charge is 2.26. The second-order valence-electron chi connectivity index (χ2n) is 7.77. The summed E-state index contributed by atoms with van der Waals surface area (Å²) in [6.07, 6.45) is 8.26. The van der Waals surface area contributed by atoms with Crippen LogP contribution in [0.3, 0.4) is 0 Å². The van der Waals surface area contributed by atoms with E-state index in [1.54, 1.807) is 0 Å². The van der Waals surface area contributed by atoms with Crippen LogP contribution in [0.15, 0.2) is 30.5 Å². The fraction of sp³-hybridized carbons (Fsp3) is 0.571. The molecule has 0 spiro atoms. The van der Waals surface area contributed by atoms with E-state index in [2.05, 4.69) is 36.2 Å². The van der Waals surface area contributed by atoms with Gasteiger partial charge in [-0.3, -0.25) is 9.58 Å². The number of aryl methyl sites for hydroxylation is 1. The molecule has 26 heavy (non-hydrogen) atoms. The molecule has 2 aliphatic heterocycles. The van der Waals surface area contributed by atoms with Crippen molar-refractivity contribution >= 4 is 0 Å². The van der Waals surface area contributed by atoms with E-state index >= 15 is 0 Å². The quantitative estimate of drug-likeness (QED) is 0.814. The van der Waals surface area contributed by atoms with E-state index in [0.29, 0.717) is 18.8 Å². The van der Waals surface area contributed by atoms with Crippen molar-refractivity contribution in [1.82, 2.24) is 14.7 Å². The van der Waals surface area contributed by atoms with Gasteiger partial charge in [0.25, 0.3) is 0 Å². The lowest BCUT2D eigenvalue weighted by Gasteiger charge is -2.31. The van der Waals surface area contributed by atoms with Gasteiger partial charge in [0.1, 0.15) is 0 Å². The van der Waals surface area contributed by atoms with Crippen LogP contribution in [0.4, 0.5) is 0 Å². The Hall–Kier alpha value is -2.01. The van der Waals surface area contributed by atoms with Gasteiger partial charge in [0.2, 0.25) is 6.79 Å². The Morgan fingerprint density at radius 1 is 1.15 bits per heavy atom. The number of aromatic nitrogens is 2. The molecule has 140 valence electrons. The van der Waals surface area contributed by atoms with E-state index in [1.807, 2.05) is 17.8 Å². The molecule has 0 radical (unpaired) electrons. The predicted octanol–water partition coefficient (Wildman–Crippen LogP) is 3.94. The number of likely N-dealkylation sites (tertiary alicyclic amines) is 1. The lowest BCUT2D eigenvalue weighted by molar-refractivity contribution is 0.170. The molecule has 0 unspecified atom stereocenters. The van der Waals surface area contributed by atoms with E-state index < -0.39 is 0 Å². The third-order valence-corrected chi connectivity index (χ3v) is 5.51. The van der Waals surface area contributed by atoms with Crippen molar-refractivity contribution in [3.63, 3.8) is 0 Å². The van der Waals surface area contributed by atoms with Crippen molar-refractivity contribution in [2.75, 3.05) is 19.9 Å². The highest BCUT2D eigenvalue weighted by atomic mass is 16.7. The number of rotatable bonds is 5. The maximum atomic E-state index is 5.52. The normalized spacial score (nSPS) is 21.5. The molecule has 1 saturated heterocycles. The number of hydrogen-bond donors (Lipinski definition) is 0.